The summed E-state index contributed by atoms with van der Waals surface area (Å²) in [7, 11) is 0. The highest BCUT2D eigenvalue weighted by Crippen LogP contribution is 2.16. The Kier molecular flexibility index (Phi) is 4.89. The second-order valence-electron chi connectivity index (χ2n) is 3.97. The van der Waals surface area contributed by atoms with Gasteiger partial charge in [0.05, 0.1) is 18.7 Å². The lowest BCUT2D eigenvalue weighted by Gasteiger charge is -2.12. The number of nitrogens with one attached hydrogen (secondary N) is 1. The molecule has 0 aliphatic rings. The molecular formula is C11H18N2O2S. The van der Waals surface area contributed by atoms with Crippen molar-refractivity contribution in [3.63, 3.8) is 0 Å². The summed E-state index contributed by atoms with van der Waals surface area (Å²) in [6.45, 7) is 7.84. The molecule has 1 aromatic heterocycles. The first kappa shape index (κ1) is 13.1. The van der Waals surface area contributed by atoms with Crippen LogP contribution in [0.2, 0.25) is 0 Å². The van der Waals surface area contributed by atoms with E-state index in [1.165, 1.54) is 0 Å². The molecule has 0 radical (unpaired) electrons. The third-order valence-corrected chi connectivity index (χ3v) is 3.07. The van der Waals surface area contributed by atoms with Gasteiger partial charge in [-0.05, 0) is 27.7 Å². The summed E-state index contributed by atoms with van der Waals surface area (Å²) in [6.07, 6.45) is -0.0632. The van der Waals surface area contributed by atoms with Crippen LogP contribution in [0.1, 0.15) is 37.5 Å². The van der Waals surface area contributed by atoms with Gasteiger partial charge in [0.2, 0.25) is 0 Å². The molecule has 0 aliphatic carbocycles. The highest BCUT2D eigenvalue weighted by Gasteiger charge is 2.11. The van der Waals surface area contributed by atoms with E-state index in [0.29, 0.717) is 0 Å². The predicted molar refractivity (Wildman–Crippen MR) is 64.5 cm³/mol. The van der Waals surface area contributed by atoms with Crippen LogP contribution < -0.4 is 5.32 Å². The molecule has 4 nitrogen and oxygen atoms in total. The van der Waals surface area contributed by atoms with Gasteiger partial charge in [-0.3, -0.25) is 10.1 Å². The third-order valence-electron chi connectivity index (χ3n) is 1.93. The summed E-state index contributed by atoms with van der Waals surface area (Å²) in [5.41, 5.74) is 1.01. The van der Waals surface area contributed by atoms with Crippen LogP contribution in [0.15, 0.2) is 5.38 Å². The lowest BCUT2D eigenvalue weighted by molar-refractivity contribution is -0.146. The van der Waals surface area contributed by atoms with Crippen LogP contribution in [0, 0.1) is 6.92 Å². The molecule has 0 fully saturated rings. The largest absolute Gasteiger partial charge is 0.462 e. The molecule has 1 heterocycles. The fourth-order valence-corrected chi connectivity index (χ4v) is 2.03. The van der Waals surface area contributed by atoms with Crippen LogP contribution in [0.25, 0.3) is 0 Å². The number of hydrogen-bond acceptors (Lipinski definition) is 5. The molecule has 1 atom stereocenters. The Balaban J connectivity index is 2.35. The number of esters is 1. The summed E-state index contributed by atoms with van der Waals surface area (Å²) in [5.74, 6) is -0.227. The zero-order valence-electron chi connectivity index (χ0n) is 10.1. The maximum Gasteiger partial charge on any atom is 0.320 e. The average Bonchev–Trinajstić information content (AvgIpc) is 2.60. The summed E-state index contributed by atoms with van der Waals surface area (Å²) >= 11 is 1.60. The Labute approximate surface area is 100 Å². The van der Waals surface area contributed by atoms with Gasteiger partial charge < -0.3 is 4.74 Å². The van der Waals surface area contributed by atoms with E-state index in [1.807, 2.05) is 33.1 Å². The maximum atomic E-state index is 11.3. The van der Waals surface area contributed by atoms with Crippen molar-refractivity contribution in [2.45, 2.75) is 39.8 Å². The molecule has 0 aliphatic heterocycles. The molecule has 0 amide bonds. The van der Waals surface area contributed by atoms with Crippen LogP contribution in [0.5, 0.6) is 0 Å². The molecule has 1 N–H and O–H groups in total. The zero-order chi connectivity index (χ0) is 12.1. The SMILES string of the molecule is Cc1csc(C(C)NCC(=O)OC(C)C)n1. The van der Waals surface area contributed by atoms with Gasteiger partial charge in [-0.2, -0.15) is 0 Å². The molecule has 1 rings (SSSR count). The molecule has 1 unspecified atom stereocenters. The summed E-state index contributed by atoms with van der Waals surface area (Å²) in [6, 6.07) is 0.0819. The molecule has 1 aromatic rings. The lowest BCUT2D eigenvalue weighted by atomic mass is 10.3. The van der Waals surface area contributed by atoms with Crippen LogP contribution in [0.3, 0.4) is 0 Å². The monoisotopic (exact) mass is 242 g/mol. The number of aromatic nitrogens is 1. The standard InChI is InChI=1S/C11H18N2O2S/c1-7(2)15-10(14)5-12-9(4)11-13-8(3)6-16-11/h6-7,9,12H,5H2,1-4H3. The van der Waals surface area contributed by atoms with Crippen LogP contribution in [-0.2, 0) is 9.53 Å². The molecular weight excluding hydrogens is 224 g/mol. The Morgan fingerprint density at radius 1 is 1.56 bits per heavy atom. The van der Waals surface area contributed by atoms with Gasteiger partial charge in [-0.1, -0.05) is 0 Å². The number of thiazole rings is 1. The van der Waals surface area contributed by atoms with Crippen molar-refractivity contribution in [1.29, 1.82) is 0 Å². The minimum absolute atomic E-state index is 0.0632. The van der Waals surface area contributed by atoms with E-state index in [2.05, 4.69) is 10.3 Å². The van der Waals surface area contributed by atoms with Crippen LogP contribution in [0.4, 0.5) is 0 Å². The van der Waals surface area contributed by atoms with Gasteiger partial charge in [0.25, 0.3) is 0 Å². The van der Waals surface area contributed by atoms with Crippen molar-refractivity contribution < 1.29 is 9.53 Å². The number of carbonyl (C=O) groups is 1. The number of nitrogens with zero attached hydrogens (tertiary/aromatic N) is 1. The smallest absolute Gasteiger partial charge is 0.320 e. The Hall–Kier alpha value is -0.940. The topological polar surface area (TPSA) is 51.2 Å². The third kappa shape index (κ3) is 4.28. The van der Waals surface area contributed by atoms with Crippen molar-refractivity contribution in [2.24, 2.45) is 0 Å². The van der Waals surface area contributed by atoms with Crippen LogP contribution in [-0.4, -0.2) is 23.6 Å². The quantitative estimate of drug-likeness (QED) is 0.803. The van der Waals surface area contributed by atoms with E-state index >= 15 is 0 Å². The first-order valence-electron chi connectivity index (χ1n) is 5.34. The number of rotatable bonds is 5. The molecule has 0 aromatic carbocycles. The van der Waals surface area contributed by atoms with E-state index in [4.69, 9.17) is 4.74 Å². The van der Waals surface area contributed by atoms with Crippen molar-refractivity contribution in [3.8, 4) is 0 Å². The van der Waals surface area contributed by atoms with Crippen LogP contribution >= 0.6 is 11.3 Å². The second kappa shape index (κ2) is 5.96. The van der Waals surface area contributed by atoms with Crippen molar-refractivity contribution in [1.82, 2.24) is 10.3 Å². The van der Waals surface area contributed by atoms with E-state index in [0.717, 1.165) is 10.7 Å². The minimum atomic E-state index is -0.227. The highest BCUT2D eigenvalue weighted by atomic mass is 32.1. The Bertz CT molecular complexity index is 350. The van der Waals surface area contributed by atoms with Crippen molar-refractivity contribution >= 4 is 17.3 Å². The molecule has 5 heteroatoms. The number of carbonyl (C=O) groups excluding carboxylic acids is 1. The normalized spacial score (nSPS) is 12.8. The lowest BCUT2D eigenvalue weighted by Crippen LogP contribution is -2.28. The van der Waals surface area contributed by atoms with E-state index in [9.17, 15) is 4.79 Å². The molecule has 0 spiro atoms. The van der Waals surface area contributed by atoms with Gasteiger partial charge in [0.1, 0.15) is 5.01 Å². The molecule has 90 valence electrons. The first-order chi connectivity index (χ1) is 7.49. The van der Waals surface area contributed by atoms with Gasteiger partial charge in [-0.25, -0.2) is 4.98 Å². The summed E-state index contributed by atoms with van der Waals surface area (Å²) in [5, 5.41) is 6.09. The fraction of sp³-hybridized carbons (Fsp3) is 0.636. The maximum absolute atomic E-state index is 11.3. The average molecular weight is 242 g/mol. The van der Waals surface area contributed by atoms with Gasteiger partial charge in [0.15, 0.2) is 0 Å². The highest BCUT2D eigenvalue weighted by molar-refractivity contribution is 7.09. The van der Waals surface area contributed by atoms with E-state index in [1.54, 1.807) is 11.3 Å². The van der Waals surface area contributed by atoms with E-state index < -0.39 is 0 Å². The number of hydrogen-bond donors (Lipinski definition) is 1. The summed E-state index contributed by atoms with van der Waals surface area (Å²) in [4.78, 5) is 15.6. The number of ether oxygens (including phenoxy) is 1. The summed E-state index contributed by atoms with van der Waals surface area (Å²) < 4.78 is 5.02. The van der Waals surface area contributed by atoms with Gasteiger partial charge in [0, 0.05) is 11.1 Å². The fourth-order valence-electron chi connectivity index (χ4n) is 1.20. The van der Waals surface area contributed by atoms with Crippen molar-refractivity contribution in [3.05, 3.63) is 16.1 Å². The molecule has 0 saturated heterocycles. The first-order valence-corrected chi connectivity index (χ1v) is 6.22. The second-order valence-corrected chi connectivity index (χ2v) is 4.86. The van der Waals surface area contributed by atoms with E-state index in [-0.39, 0.29) is 24.7 Å². The molecule has 0 saturated carbocycles. The van der Waals surface area contributed by atoms with Crippen molar-refractivity contribution in [2.75, 3.05) is 6.54 Å². The molecule has 16 heavy (non-hydrogen) atoms. The Morgan fingerprint density at radius 3 is 2.75 bits per heavy atom. The van der Waals surface area contributed by atoms with Gasteiger partial charge in [-0.15, -0.1) is 11.3 Å². The predicted octanol–water partition coefficient (Wildman–Crippen LogP) is 2.05. The van der Waals surface area contributed by atoms with Gasteiger partial charge >= 0.3 is 5.97 Å². The number of aryl methyl sites for hydroxylation is 1. The Morgan fingerprint density at radius 2 is 2.25 bits per heavy atom. The molecule has 0 bridgehead atoms. The zero-order valence-corrected chi connectivity index (χ0v) is 10.9. The minimum Gasteiger partial charge on any atom is -0.462 e.